The molecule has 0 aromatic carbocycles. The Morgan fingerprint density at radius 1 is 1.54 bits per heavy atom. The molecule has 0 saturated carbocycles. The molecule has 0 bridgehead atoms. The summed E-state index contributed by atoms with van der Waals surface area (Å²) in [5.74, 6) is 0. The second-order valence-electron chi connectivity index (χ2n) is 2.68. The van der Waals surface area contributed by atoms with Gasteiger partial charge >= 0.3 is 0 Å². The fourth-order valence-electron chi connectivity index (χ4n) is 0.859. The molecule has 0 aliphatic carbocycles. The minimum absolute atomic E-state index is 0.229. The van der Waals surface area contributed by atoms with E-state index in [4.69, 9.17) is 10.2 Å². The van der Waals surface area contributed by atoms with E-state index in [-0.39, 0.29) is 6.61 Å². The van der Waals surface area contributed by atoms with Crippen molar-refractivity contribution in [1.29, 1.82) is 0 Å². The van der Waals surface area contributed by atoms with Gasteiger partial charge in [0.1, 0.15) is 0 Å². The zero-order valence-electron chi connectivity index (χ0n) is 7.22. The first-order chi connectivity index (χ1) is 6.33. The number of hydrogen-bond donors (Lipinski definition) is 3. The van der Waals surface area contributed by atoms with Crippen LogP contribution in [0.4, 0.5) is 0 Å². The lowest BCUT2D eigenvalue weighted by molar-refractivity contribution is 0.0941. The Balaban J connectivity index is 2.20. The summed E-state index contributed by atoms with van der Waals surface area (Å²) in [6, 6.07) is 3.64. The normalized spacial score (nSPS) is 12.8. The second-order valence-corrected chi connectivity index (χ2v) is 2.68. The van der Waals surface area contributed by atoms with Crippen molar-refractivity contribution in [3.05, 3.63) is 24.0 Å². The fraction of sp³-hybridized carbons (Fsp3) is 0.500. The molecular weight excluding hydrogens is 170 g/mol. The minimum Gasteiger partial charge on any atom is -0.394 e. The topological polar surface area (TPSA) is 78.3 Å². The maximum Gasteiger partial charge on any atom is 0.0895 e. The Labute approximate surface area is 76.4 Å². The SMILES string of the molecule is OCC(O)CNCc1cccnn1. The predicted molar refractivity (Wildman–Crippen MR) is 46.8 cm³/mol. The van der Waals surface area contributed by atoms with E-state index in [1.165, 1.54) is 0 Å². The molecule has 1 unspecified atom stereocenters. The lowest BCUT2D eigenvalue weighted by atomic mass is 10.3. The molecule has 0 amide bonds. The number of rotatable bonds is 5. The zero-order valence-corrected chi connectivity index (χ0v) is 7.22. The van der Waals surface area contributed by atoms with Crippen molar-refractivity contribution in [3.63, 3.8) is 0 Å². The molecule has 13 heavy (non-hydrogen) atoms. The Kier molecular flexibility index (Phi) is 4.31. The highest BCUT2D eigenvalue weighted by Gasteiger charge is 2.00. The summed E-state index contributed by atoms with van der Waals surface area (Å²) in [6.07, 6.45) is 0.892. The molecule has 1 aromatic rings. The molecule has 1 rings (SSSR count). The summed E-state index contributed by atoms with van der Waals surface area (Å²) >= 11 is 0. The van der Waals surface area contributed by atoms with Crippen LogP contribution in [-0.4, -0.2) is 39.7 Å². The lowest BCUT2D eigenvalue weighted by Gasteiger charge is -2.07. The molecule has 0 spiro atoms. The quantitative estimate of drug-likeness (QED) is 0.541. The Hall–Kier alpha value is -1.04. The number of hydrogen-bond acceptors (Lipinski definition) is 5. The molecule has 3 N–H and O–H groups in total. The van der Waals surface area contributed by atoms with E-state index in [9.17, 15) is 0 Å². The Bertz CT molecular complexity index is 230. The molecule has 5 nitrogen and oxygen atoms in total. The highest BCUT2D eigenvalue weighted by Crippen LogP contribution is 1.89. The van der Waals surface area contributed by atoms with Crippen molar-refractivity contribution in [1.82, 2.24) is 15.5 Å². The monoisotopic (exact) mass is 183 g/mol. The third kappa shape index (κ3) is 3.93. The smallest absolute Gasteiger partial charge is 0.0895 e. The van der Waals surface area contributed by atoms with E-state index in [0.29, 0.717) is 13.1 Å². The van der Waals surface area contributed by atoms with Crippen LogP contribution in [0.1, 0.15) is 5.69 Å². The standard InChI is InChI=1S/C8H13N3O2/c12-6-8(13)5-9-4-7-2-1-3-10-11-7/h1-3,8-9,12-13H,4-6H2. The van der Waals surface area contributed by atoms with Gasteiger partial charge in [-0.3, -0.25) is 0 Å². The number of aliphatic hydroxyl groups excluding tert-OH is 2. The van der Waals surface area contributed by atoms with E-state index in [1.54, 1.807) is 12.3 Å². The Morgan fingerprint density at radius 3 is 3.00 bits per heavy atom. The zero-order chi connectivity index (χ0) is 9.52. The van der Waals surface area contributed by atoms with Crippen molar-refractivity contribution in [3.8, 4) is 0 Å². The maximum absolute atomic E-state index is 8.99. The van der Waals surface area contributed by atoms with Gasteiger partial charge in [0, 0.05) is 19.3 Å². The van der Waals surface area contributed by atoms with Crippen LogP contribution < -0.4 is 5.32 Å². The molecule has 0 aliphatic rings. The number of nitrogens with zero attached hydrogens (tertiary/aromatic N) is 2. The average Bonchev–Trinajstić information content (AvgIpc) is 2.19. The summed E-state index contributed by atoms with van der Waals surface area (Å²) in [6.45, 7) is 0.672. The van der Waals surface area contributed by atoms with Gasteiger partial charge in [-0.05, 0) is 12.1 Å². The lowest BCUT2D eigenvalue weighted by Crippen LogP contribution is -2.29. The molecule has 1 aromatic heterocycles. The van der Waals surface area contributed by atoms with Gasteiger partial charge in [0.2, 0.25) is 0 Å². The molecule has 0 fully saturated rings. The van der Waals surface area contributed by atoms with Crippen LogP contribution in [-0.2, 0) is 6.54 Å². The summed E-state index contributed by atoms with van der Waals surface area (Å²) in [5.41, 5.74) is 0.813. The highest BCUT2D eigenvalue weighted by atomic mass is 16.3. The van der Waals surface area contributed by atoms with Gasteiger partial charge in [0.15, 0.2) is 0 Å². The van der Waals surface area contributed by atoms with Crippen LogP contribution in [0.15, 0.2) is 18.3 Å². The average molecular weight is 183 g/mol. The van der Waals surface area contributed by atoms with Crippen LogP contribution in [0.2, 0.25) is 0 Å². The molecule has 1 atom stereocenters. The van der Waals surface area contributed by atoms with E-state index < -0.39 is 6.10 Å². The fourth-order valence-corrected chi connectivity index (χ4v) is 0.859. The van der Waals surface area contributed by atoms with Gasteiger partial charge < -0.3 is 15.5 Å². The number of aromatic nitrogens is 2. The maximum atomic E-state index is 8.99. The largest absolute Gasteiger partial charge is 0.394 e. The van der Waals surface area contributed by atoms with Gasteiger partial charge in [0.05, 0.1) is 18.4 Å². The first-order valence-electron chi connectivity index (χ1n) is 4.09. The van der Waals surface area contributed by atoms with Gasteiger partial charge in [-0.1, -0.05) is 0 Å². The first kappa shape index (κ1) is 10.0. The molecular formula is C8H13N3O2. The van der Waals surface area contributed by atoms with Crippen molar-refractivity contribution < 1.29 is 10.2 Å². The van der Waals surface area contributed by atoms with Crippen LogP contribution in [0, 0.1) is 0 Å². The second kappa shape index (κ2) is 5.58. The van der Waals surface area contributed by atoms with E-state index in [2.05, 4.69) is 15.5 Å². The van der Waals surface area contributed by atoms with Gasteiger partial charge in [-0.2, -0.15) is 10.2 Å². The molecule has 72 valence electrons. The molecule has 0 radical (unpaired) electrons. The summed E-state index contributed by atoms with van der Waals surface area (Å²) < 4.78 is 0. The van der Waals surface area contributed by atoms with Crippen molar-refractivity contribution >= 4 is 0 Å². The van der Waals surface area contributed by atoms with Crippen molar-refractivity contribution in [2.24, 2.45) is 0 Å². The molecule has 0 aliphatic heterocycles. The van der Waals surface area contributed by atoms with E-state index in [0.717, 1.165) is 5.69 Å². The first-order valence-corrected chi connectivity index (χ1v) is 4.09. The summed E-state index contributed by atoms with van der Waals surface area (Å²) in [4.78, 5) is 0. The van der Waals surface area contributed by atoms with Gasteiger partial charge in [-0.15, -0.1) is 0 Å². The van der Waals surface area contributed by atoms with Gasteiger partial charge in [-0.25, -0.2) is 0 Å². The molecule has 1 heterocycles. The van der Waals surface area contributed by atoms with Gasteiger partial charge in [0.25, 0.3) is 0 Å². The van der Waals surface area contributed by atoms with Crippen LogP contribution >= 0.6 is 0 Å². The number of nitrogens with one attached hydrogen (secondary N) is 1. The van der Waals surface area contributed by atoms with E-state index in [1.807, 2.05) is 6.07 Å². The highest BCUT2D eigenvalue weighted by molar-refractivity contribution is 4.98. The van der Waals surface area contributed by atoms with Crippen molar-refractivity contribution in [2.75, 3.05) is 13.2 Å². The van der Waals surface area contributed by atoms with E-state index >= 15 is 0 Å². The van der Waals surface area contributed by atoms with Crippen LogP contribution in [0.5, 0.6) is 0 Å². The predicted octanol–water partition coefficient (Wildman–Crippen LogP) is -1.08. The van der Waals surface area contributed by atoms with Crippen LogP contribution in [0.25, 0.3) is 0 Å². The Morgan fingerprint density at radius 2 is 2.38 bits per heavy atom. The third-order valence-corrected chi connectivity index (χ3v) is 1.52. The molecule has 0 saturated heterocycles. The summed E-state index contributed by atoms with van der Waals surface area (Å²) in [5, 5.41) is 28.0. The summed E-state index contributed by atoms with van der Waals surface area (Å²) in [7, 11) is 0. The third-order valence-electron chi connectivity index (χ3n) is 1.52. The van der Waals surface area contributed by atoms with Crippen molar-refractivity contribution in [2.45, 2.75) is 12.6 Å². The molecule has 5 heteroatoms. The minimum atomic E-state index is -0.711. The van der Waals surface area contributed by atoms with Crippen LogP contribution in [0.3, 0.4) is 0 Å². The number of aliphatic hydroxyl groups is 2.